The fourth-order valence-electron chi connectivity index (χ4n) is 6.21. The first-order valence-corrected chi connectivity index (χ1v) is 15.9. The van der Waals surface area contributed by atoms with Crippen molar-refractivity contribution in [3.05, 3.63) is 71.0 Å². The summed E-state index contributed by atoms with van der Waals surface area (Å²) < 4.78 is 8.63. The van der Waals surface area contributed by atoms with Gasteiger partial charge >= 0.3 is 0 Å². The Morgan fingerprint density at radius 1 is 1.05 bits per heavy atom. The summed E-state index contributed by atoms with van der Waals surface area (Å²) in [6.45, 7) is 8.69. The Bertz CT molecular complexity index is 1420. The van der Waals surface area contributed by atoms with E-state index in [1.165, 1.54) is 12.8 Å². The van der Waals surface area contributed by atoms with Crippen LogP contribution in [0, 0.1) is 6.92 Å². The Labute approximate surface area is 256 Å². The van der Waals surface area contributed by atoms with Crippen molar-refractivity contribution < 1.29 is 14.3 Å². The third kappa shape index (κ3) is 5.97. The second-order valence-electron chi connectivity index (χ2n) is 11.1. The molecule has 0 saturated carbocycles. The van der Waals surface area contributed by atoms with Crippen LogP contribution >= 0.6 is 22.6 Å². The molecule has 218 valence electrons. The van der Waals surface area contributed by atoms with Gasteiger partial charge in [-0.1, -0.05) is 28.7 Å². The molecule has 0 unspecified atom stereocenters. The molecule has 0 radical (unpaired) electrons. The fraction of sp³-hybridized carbons (Fsp3) is 0.438. The quantitative estimate of drug-likeness (QED) is 0.182. The number of ether oxygens (including phenoxy) is 1. The van der Waals surface area contributed by atoms with Gasteiger partial charge in [-0.3, -0.25) is 14.5 Å². The van der Waals surface area contributed by atoms with Gasteiger partial charge in [-0.2, -0.15) is 0 Å². The van der Waals surface area contributed by atoms with Crippen molar-refractivity contribution in [3.8, 4) is 16.9 Å². The number of nitrogens with one attached hydrogen (secondary N) is 2. The minimum atomic E-state index is -0.255. The summed E-state index contributed by atoms with van der Waals surface area (Å²) in [5.41, 5.74) is 6.17. The zero-order valence-corrected chi connectivity index (χ0v) is 26.7. The zero-order chi connectivity index (χ0) is 29.3. The van der Waals surface area contributed by atoms with Crippen LogP contribution in [0.4, 0.5) is 5.69 Å². The second kappa shape index (κ2) is 12.4. The van der Waals surface area contributed by atoms with Gasteiger partial charge in [0.1, 0.15) is 11.4 Å². The molecule has 2 fully saturated rings. The van der Waals surface area contributed by atoms with E-state index < -0.39 is 0 Å². The number of carbonyl (C=O) groups is 2. The highest BCUT2D eigenvalue weighted by atomic mass is 127. The number of hydrogen-bond donors (Lipinski definition) is 2. The van der Waals surface area contributed by atoms with E-state index in [1.54, 1.807) is 14.2 Å². The van der Waals surface area contributed by atoms with Crippen molar-refractivity contribution in [1.29, 1.82) is 0 Å². The molecule has 1 aromatic heterocycles. The Kier molecular flexibility index (Phi) is 8.94. The van der Waals surface area contributed by atoms with Crippen molar-refractivity contribution in [2.24, 2.45) is 0 Å². The van der Waals surface area contributed by atoms with Gasteiger partial charge in [-0.15, -0.1) is 0 Å². The molecule has 2 aliphatic rings. The third-order valence-electron chi connectivity index (χ3n) is 8.64. The number of piperazine rings is 1. The first-order chi connectivity index (χ1) is 19.8. The topological polar surface area (TPSA) is 78.8 Å². The highest BCUT2D eigenvalue weighted by Gasteiger charge is 2.39. The molecular formula is C32H40IN5O3. The molecule has 41 heavy (non-hydrogen) atoms. The summed E-state index contributed by atoms with van der Waals surface area (Å²) in [4.78, 5) is 31.1. The van der Waals surface area contributed by atoms with Crippen LogP contribution in [-0.4, -0.2) is 65.2 Å². The summed E-state index contributed by atoms with van der Waals surface area (Å²) in [7, 11) is 3.27. The number of alkyl halides is 1. The lowest BCUT2D eigenvalue weighted by Crippen LogP contribution is -2.53. The van der Waals surface area contributed by atoms with E-state index in [0.29, 0.717) is 35.6 Å². The van der Waals surface area contributed by atoms with Crippen molar-refractivity contribution in [2.45, 2.75) is 58.3 Å². The van der Waals surface area contributed by atoms with E-state index in [0.717, 1.165) is 45.6 Å². The Morgan fingerprint density at radius 2 is 1.78 bits per heavy atom. The number of carbonyl (C=O) groups excluding carboxylic acids is 2. The molecule has 2 bridgehead atoms. The number of anilines is 1. The molecule has 2 N–H and O–H groups in total. The van der Waals surface area contributed by atoms with Crippen molar-refractivity contribution in [2.75, 3.05) is 36.7 Å². The maximum absolute atomic E-state index is 13.6. The highest BCUT2D eigenvalue weighted by Crippen LogP contribution is 2.34. The zero-order valence-electron chi connectivity index (χ0n) is 24.5. The number of aromatic nitrogens is 1. The minimum absolute atomic E-state index is 0.0888. The highest BCUT2D eigenvalue weighted by molar-refractivity contribution is 14.1. The van der Waals surface area contributed by atoms with Gasteiger partial charge < -0.3 is 24.8 Å². The molecule has 0 aliphatic carbocycles. The number of nitrogens with zero attached hydrogens (tertiary/aromatic N) is 3. The molecule has 3 atom stereocenters. The monoisotopic (exact) mass is 669 g/mol. The Morgan fingerprint density at radius 3 is 2.41 bits per heavy atom. The molecule has 9 heteroatoms. The normalized spacial score (nSPS) is 19.2. The smallest absolute Gasteiger partial charge is 0.267 e. The van der Waals surface area contributed by atoms with Crippen LogP contribution in [0.25, 0.3) is 11.1 Å². The lowest BCUT2D eigenvalue weighted by molar-refractivity contribution is 0.0935. The third-order valence-corrected chi connectivity index (χ3v) is 9.43. The van der Waals surface area contributed by atoms with E-state index in [-0.39, 0.29) is 17.9 Å². The maximum atomic E-state index is 13.6. The summed E-state index contributed by atoms with van der Waals surface area (Å²) in [6, 6.07) is 15.1. The largest absolute Gasteiger partial charge is 0.497 e. The molecule has 3 aromatic rings. The number of halogens is 1. The van der Waals surface area contributed by atoms with Gasteiger partial charge in [0.25, 0.3) is 11.8 Å². The average molecular weight is 670 g/mol. The van der Waals surface area contributed by atoms with Crippen LogP contribution in [0.5, 0.6) is 5.75 Å². The number of methoxy groups -OCH3 is 1. The maximum Gasteiger partial charge on any atom is 0.267 e. The first-order valence-electron chi connectivity index (χ1n) is 14.4. The van der Waals surface area contributed by atoms with E-state index in [2.05, 4.69) is 67.3 Å². The van der Waals surface area contributed by atoms with Crippen molar-refractivity contribution in [3.63, 3.8) is 0 Å². The van der Waals surface area contributed by atoms with Gasteiger partial charge in [0, 0.05) is 61.8 Å². The van der Waals surface area contributed by atoms with Gasteiger partial charge in [0.05, 0.1) is 17.7 Å². The lowest BCUT2D eigenvalue weighted by Gasteiger charge is -2.41. The standard InChI is InChI=1S/C32H40IN5O3/c1-6-36-16-24(14-30(36)32(40)34-4)23-11-22(12-28(13-23)41-5)21(3)35-31(39)29-15-25(8-7-20(29)2)37-17-26-9-10-27(18-37)38(26)19-33/h7-8,11-16,21,26-27H,6,9-10,17-19H2,1-5H3,(H,34,40)(H,35,39)/t21-,26-,27+/m1/s1. The summed E-state index contributed by atoms with van der Waals surface area (Å²) in [5, 5.41) is 5.94. The number of aryl methyl sites for hydroxylation is 2. The van der Waals surface area contributed by atoms with Crippen LogP contribution < -0.4 is 20.3 Å². The molecular weight excluding hydrogens is 629 g/mol. The molecule has 8 nitrogen and oxygen atoms in total. The molecule has 0 spiro atoms. The van der Waals surface area contributed by atoms with E-state index >= 15 is 0 Å². The SMILES string of the molecule is CCn1cc(-c2cc(OC)cc([C@@H](C)NC(=O)c3cc(N4C[C@H]5CC[C@@H](C4)N5CI)ccc3C)c2)cc1C(=O)NC. The molecule has 2 aromatic carbocycles. The minimum Gasteiger partial charge on any atom is -0.497 e. The Hall–Kier alpha value is -3.05. The van der Waals surface area contributed by atoms with Gasteiger partial charge in [0.2, 0.25) is 0 Å². The number of amides is 2. The van der Waals surface area contributed by atoms with Gasteiger partial charge in [-0.25, -0.2) is 0 Å². The van der Waals surface area contributed by atoms with E-state index in [9.17, 15) is 9.59 Å². The number of fused-ring (bicyclic) bond motifs is 2. The summed E-state index contributed by atoms with van der Waals surface area (Å²) >= 11 is 2.48. The molecule has 2 aliphatic heterocycles. The van der Waals surface area contributed by atoms with Crippen molar-refractivity contribution >= 4 is 40.1 Å². The number of rotatable bonds is 9. The van der Waals surface area contributed by atoms with E-state index in [4.69, 9.17) is 4.74 Å². The van der Waals surface area contributed by atoms with E-state index in [1.807, 2.05) is 49.7 Å². The predicted octanol–water partition coefficient (Wildman–Crippen LogP) is 5.39. The molecule has 5 rings (SSSR count). The van der Waals surface area contributed by atoms with Crippen LogP contribution in [0.1, 0.15) is 64.7 Å². The lowest BCUT2D eigenvalue weighted by atomic mass is 10.00. The number of hydrogen-bond acceptors (Lipinski definition) is 5. The van der Waals surface area contributed by atoms with Crippen molar-refractivity contribution in [1.82, 2.24) is 20.1 Å². The molecule has 2 saturated heterocycles. The van der Waals surface area contributed by atoms with Gasteiger partial charge in [-0.05, 0) is 86.7 Å². The fourth-order valence-corrected chi connectivity index (χ4v) is 7.32. The van der Waals surface area contributed by atoms with Crippen LogP contribution in [-0.2, 0) is 6.54 Å². The van der Waals surface area contributed by atoms with Gasteiger partial charge in [0.15, 0.2) is 0 Å². The van der Waals surface area contributed by atoms with Crippen LogP contribution in [0.3, 0.4) is 0 Å². The molecule has 2 amide bonds. The first kappa shape index (κ1) is 29.4. The predicted molar refractivity (Wildman–Crippen MR) is 172 cm³/mol. The average Bonchev–Trinajstić information content (AvgIpc) is 3.53. The van der Waals surface area contributed by atoms with Crippen LogP contribution in [0.15, 0.2) is 48.7 Å². The molecule has 3 heterocycles. The number of benzene rings is 2. The summed E-state index contributed by atoms with van der Waals surface area (Å²) in [5.74, 6) is 0.482. The second-order valence-corrected chi connectivity index (χ2v) is 11.8. The Balaban J connectivity index is 1.37. The van der Waals surface area contributed by atoms with Crippen LogP contribution in [0.2, 0.25) is 0 Å². The summed E-state index contributed by atoms with van der Waals surface area (Å²) in [6.07, 6.45) is 4.48.